The minimum atomic E-state index is -0.0239. The Kier molecular flexibility index (Phi) is 4.26. The van der Waals surface area contributed by atoms with E-state index in [0.717, 1.165) is 19.6 Å². The van der Waals surface area contributed by atoms with E-state index in [1.165, 1.54) is 11.3 Å². The summed E-state index contributed by atoms with van der Waals surface area (Å²) in [6.07, 6.45) is 3.35. The van der Waals surface area contributed by atoms with Gasteiger partial charge in [-0.05, 0) is 13.1 Å². The van der Waals surface area contributed by atoms with Gasteiger partial charge in [-0.25, -0.2) is 15.0 Å². The molecule has 0 radical (unpaired) electrons. The fraction of sp³-hybridized carbons (Fsp3) is 0.500. The lowest BCUT2D eigenvalue weighted by Gasteiger charge is -2.29. The smallest absolute Gasteiger partial charge is 0.273 e. The van der Waals surface area contributed by atoms with Crippen LogP contribution in [-0.2, 0) is 4.74 Å². The van der Waals surface area contributed by atoms with E-state index in [1.54, 1.807) is 23.8 Å². The van der Waals surface area contributed by atoms with Crippen molar-refractivity contribution in [1.82, 2.24) is 24.8 Å². The Labute approximate surface area is 144 Å². The normalized spacial score (nSPS) is 24.6. The number of carbonyl (C=O) groups is 1. The fourth-order valence-electron chi connectivity index (χ4n) is 3.36. The summed E-state index contributed by atoms with van der Waals surface area (Å²) in [5.41, 5.74) is 0.470. The molecule has 2 aromatic rings. The number of fused-ring (bicyclic) bond motifs is 3. The average Bonchev–Trinajstić information content (AvgIpc) is 2.92. The van der Waals surface area contributed by atoms with Crippen LogP contribution in [0.3, 0.4) is 0 Å². The second-order valence-corrected chi connectivity index (χ2v) is 7.20. The molecule has 0 aliphatic carbocycles. The highest BCUT2D eigenvalue weighted by Gasteiger charge is 2.35. The van der Waals surface area contributed by atoms with Gasteiger partial charge in [-0.1, -0.05) is 0 Å². The third-order valence-electron chi connectivity index (χ3n) is 4.39. The second kappa shape index (κ2) is 6.54. The van der Waals surface area contributed by atoms with Gasteiger partial charge in [-0.2, -0.15) is 0 Å². The molecular weight excluding hydrogens is 326 g/mol. The van der Waals surface area contributed by atoms with Gasteiger partial charge < -0.3 is 14.5 Å². The molecular formula is C16H19N5O2S. The topological polar surface area (TPSA) is 71.5 Å². The summed E-state index contributed by atoms with van der Waals surface area (Å²) < 4.78 is 5.74. The molecule has 1 amide bonds. The van der Waals surface area contributed by atoms with Crippen LogP contribution in [0.5, 0.6) is 0 Å². The van der Waals surface area contributed by atoms with Crippen LogP contribution in [0, 0.1) is 5.92 Å². The number of carbonyl (C=O) groups excluding carboxylic acids is 1. The van der Waals surface area contributed by atoms with Crippen LogP contribution in [-0.4, -0.2) is 76.6 Å². The molecule has 8 heteroatoms. The number of hydrogen-bond donors (Lipinski definition) is 0. The zero-order valence-corrected chi connectivity index (χ0v) is 14.3. The lowest BCUT2D eigenvalue weighted by atomic mass is 10.1. The molecule has 2 aromatic heterocycles. The van der Waals surface area contributed by atoms with E-state index < -0.39 is 0 Å². The van der Waals surface area contributed by atoms with Crippen molar-refractivity contribution in [3.8, 4) is 10.8 Å². The molecule has 2 aliphatic heterocycles. The molecule has 2 saturated heterocycles. The summed E-state index contributed by atoms with van der Waals surface area (Å²) in [6, 6.07) is 1.84. The first-order valence-corrected chi connectivity index (χ1v) is 8.89. The molecule has 2 fully saturated rings. The zero-order chi connectivity index (χ0) is 16.5. The first-order chi connectivity index (χ1) is 11.7. The van der Waals surface area contributed by atoms with Gasteiger partial charge in [0.1, 0.15) is 5.69 Å². The highest BCUT2D eigenvalue weighted by atomic mass is 32.1. The van der Waals surface area contributed by atoms with Crippen molar-refractivity contribution < 1.29 is 9.53 Å². The fourth-order valence-corrected chi connectivity index (χ4v) is 4.10. The molecule has 0 unspecified atom stereocenters. The van der Waals surface area contributed by atoms with Gasteiger partial charge in [0.25, 0.3) is 5.91 Å². The summed E-state index contributed by atoms with van der Waals surface area (Å²) in [7, 11) is 2.10. The molecule has 126 valence electrons. The van der Waals surface area contributed by atoms with Gasteiger partial charge in [-0.3, -0.25) is 4.79 Å². The minimum absolute atomic E-state index is 0.0239. The number of hydrogen-bond acceptors (Lipinski definition) is 7. The molecule has 24 heavy (non-hydrogen) atoms. The summed E-state index contributed by atoms with van der Waals surface area (Å²) in [6.45, 7) is 3.82. The molecule has 0 N–H and O–H groups in total. The van der Waals surface area contributed by atoms with Gasteiger partial charge >= 0.3 is 0 Å². The van der Waals surface area contributed by atoms with Gasteiger partial charge in [0.15, 0.2) is 10.8 Å². The molecule has 7 nitrogen and oxygen atoms in total. The van der Waals surface area contributed by atoms with Gasteiger partial charge in [-0.15, -0.1) is 11.3 Å². The predicted molar refractivity (Wildman–Crippen MR) is 89.8 cm³/mol. The lowest BCUT2D eigenvalue weighted by molar-refractivity contribution is 0.0481. The number of rotatable bonds is 2. The molecule has 4 rings (SSSR count). The Morgan fingerprint density at radius 2 is 2.08 bits per heavy atom. The van der Waals surface area contributed by atoms with Gasteiger partial charge in [0.05, 0.1) is 19.3 Å². The second-order valence-electron chi connectivity index (χ2n) is 6.35. The summed E-state index contributed by atoms with van der Waals surface area (Å²) >= 11 is 1.40. The van der Waals surface area contributed by atoms with Crippen molar-refractivity contribution >= 4 is 17.2 Å². The maximum Gasteiger partial charge on any atom is 0.273 e. The third-order valence-corrected chi connectivity index (χ3v) is 5.23. The van der Waals surface area contributed by atoms with Crippen LogP contribution in [0.4, 0.5) is 0 Å². The Morgan fingerprint density at radius 3 is 2.92 bits per heavy atom. The largest absolute Gasteiger partial charge is 0.379 e. The number of likely N-dealkylation sites (N-methyl/N-ethyl adjacent to an activating group) is 1. The lowest BCUT2D eigenvalue weighted by Crippen LogP contribution is -2.46. The predicted octanol–water partition coefficient (Wildman–Crippen LogP) is 1.00. The van der Waals surface area contributed by atoms with Crippen LogP contribution in [0.2, 0.25) is 0 Å². The molecule has 0 aromatic carbocycles. The van der Waals surface area contributed by atoms with E-state index in [4.69, 9.17) is 4.74 Å². The van der Waals surface area contributed by atoms with Crippen LogP contribution >= 0.6 is 11.3 Å². The maximum atomic E-state index is 13.0. The van der Waals surface area contributed by atoms with E-state index in [1.807, 2.05) is 4.90 Å². The maximum absolute atomic E-state index is 13.0. The molecule has 2 aliphatic rings. The van der Waals surface area contributed by atoms with Crippen molar-refractivity contribution in [2.45, 2.75) is 6.04 Å². The molecule has 0 saturated carbocycles. The molecule has 4 heterocycles. The Balaban J connectivity index is 1.58. The number of nitrogens with zero attached hydrogens (tertiary/aromatic N) is 5. The van der Waals surface area contributed by atoms with E-state index >= 15 is 0 Å². The number of thiazole rings is 1. The first-order valence-electron chi connectivity index (χ1n) is 8.01. The van der Waals surface area contributed by atoms with Crippen molar-refractivity contribution in [1.29, 1.82) is 0 Å². The van der Waals surface area contributed by atoms with E-state index in [2.05, 4.69) is 26.9 Å². The number of ether oxygens (including phenoxy) is 1. The van der Waals surface area contributed by atoms with Crippen molar-refractivity contribution in [2.24, 2.45) is 5.92 Å². The Hall–Kier alpha value is -1.90. The quantitative estimate of drug-likeness (QED) is 0.809. The summed E-state index contributed by atoms with van der Waals surface area (Å²) in [5, 5.41) is 2.47. The standard InChI is InChI=1S/C16H19N5O2S/c1-20-5-11-6-21(12(7-20)9-23-8-11)16(22)13-10-24-15(19-13)14-17-3-2-4-18-14/h2-4,10-12H,5-9H2,1H3/t11-,12-/m0/s1. The average molecular weight is 345 g/mol. The van der Waals surface area contributed by atoms with Crippen LogP contribution in [0.15, 0.2) is 23.8 Å². The van der Waals surface area contributed by atoms with Gasteiger partial charge in [0, 0.05) is 43.3 Å². The SMILES string of the molecule is CN1C[C@@H]2COC[C@H](C1)N(C(=O)c1csc(-c3ncccn3)n1)C2. The highest BCUT2D eigenvalue weighted by Crippen LogP contribution is 2.24. The van der Waals surface area contributed by atoms with Crippen LogP contribution < -0.4 is 0 Å². The monoisotopic (exact) mass is 345 g/mol. The number of aromatic nitrogens is 3. The van der Waals surface area contributed by atoms with Crippen molar-refractivity contribution in [3.05, 3.63) is 29.5 Å². The van der Waals surface area contributed by atoms with Crippen molar-refractivity contribution in [3.63, 3.8) is 0 Å². The Morgan fingerprint density at radius 1 is 1.25 bits per heavy atom. The van der Waals surface area contributed by atoms with Gasteiger partial charge in [0.2, 0.25) is 0 Å². The van der Waals surface area contributed by atoms with E-state index in [-0.39, 0.29) is 11.9 Å². The van der Waals surface area contributed by atoms with E-state index in [9.17, 15) is 4.79 Å². The number of amides is 1. The summed E-state index contributed by atoms with van der Waals surface area (Å²) in [5.74, 6) is 0.880. The van der Waals surface area contributed by atoms with Crippen molar-refractivity contribution in [2.75, 3.05) is 39.9 Å². The highest BCUT2D eigenvalue weighted by molar-refractivity contribution is 7.13. The molecule has 2 atom stereocenters. The van der Waals surface area contributed by atoms with Crippen LogP contribution in [0.1, 0.15) is 10.5 Å². The first kappa shape index (κ1) is 15.6. The third kappa shape index (κ3) is 3.04. The molecule has 0 spiro atoms. The summed E-state index contributed by atoms with van der Waals surface area (Å²) in [4.78, 5) is 30.1. The van der Waals surface area contributed by atoms with Crippen LogP contribution in [0.25, 0.3) is 10.8 Å². The Bertz CT molecular complexity index is 722. The van der Waals surface area contributed by atoms with E-state index in [0.29, 0.717) is 35.7 Å². The zero-order valence-electron chi connectivity index (χ0n) is 13.5. The minimum Gasteiger partial charge on any atom is -0.379 e. The molecule has 2 bridgehead atoms.